The van der Waals surface area contributed by atoms with Crippen molar-refractivity contribution >= 4 is 21.1 Å². The standard InChI is InChI=1S/C20H19N5O4S/c1-2-14(18-21-11-17(22-18)12-6-4-3-5-7-12)25-30(28,29)13-8-9-15-16(10-13)24-20(27)19(26)23-15/h3-11,14,25H,2H2,1H3,(H,21,22)(H,23,26)(H,24,27)/t14-/m0/s1. The van der Waals surface area contributed by atoms with E-state index in [9.17, 15) is 18.0 Å². The van der Waals surface area contributed by atoms with Crippen LogP contribution in [0, 0.1) is 0 Å². The van der Waals surface area contributed by atoms with Crippen molar-refractivity contribution in [2.75, 3.05) is 0 Å². The Morgan fingerprint density at radius 3 is 2.37 bits per heavy atom. The molecule has 0 aliphatic heterocycles. The summed E-state index contributed by atoms with van der Waals surface area (Å²) in [6, 6.07) is 13.1. The number of nitrogens with zero attached hydrogens (tertiary/aromatic N) is 1. The fourth-order valence-corrected chi connectivity index (χ4v) is 4.44. The van der Waals surface area contributed by atoms with Crippen molar-refractivity contribution in [2.24, 2.45) is 0 Å². The lowest BCUT2D eigenvalue weighted by molar-refractivity contribution is 0.539. The maximum atomic E-state index is 12.9. The molecule has 10 heteroatoms. The van der Waals surface area contributed by atoms with Crippen LogP contribution in [0.5, 0.6) is 0 Å². The first kappa shape index (κ1) is 19.8. The molecule has 9 nitrogen and oxygen atoms in total. The lowest BCUT2D eigenvalue weighted by atomic mass is 10.2. The van der Waals surface area contributed by atoms with E-state index in [2.05, 4.69) is 24.7 Å². The van der Waals surface area contributed by atoms with Gasteiger partial charge in [0.15, 0.2) is 0 Å². The first-order valence-corrected chi connectivity index (χ1v) is 10.7. The molecule has 0 unspecified atom stereocenters. The molecule has 0 bridgehead atoms. The largest absolute Gasteiger partial charge is 0.341 e. The lowest BCUT2D eigenvalue weighted by Crippen LogP contribution is -2.30. The van der Waals surface area contributed by atoms with Crippen LogP contribution in [-0.2, 0) is 10.0 Å². The average Bonchev–Trinajstić information content (AvgIpc) is 3.23. The minimum atomic E-state index is -3.91. The van der Waals surface area contributed by atoms with Crippen molar-refractivity contribution in [3.8, 4) is 11.3 Å². The minimum absolute atomic E-state index is 0.0361. The van der Waals surface area contributed by atoms with Crippen LogP contribution in [0.4, 0.5) is 0 Å². The lowest BCUT2D eigenvalue weighted by Gasteiger charge is -2.15. The molecular formula is C20H19N5O4S. The SMILES string of the molecule is CC[C@H](NS(=O)(=O)c1ccc2[nH]c(=O)c(=O)[nH]c2c1)c1ncc(-c2ccccc2)[nH]1. The first-order valence-electron chi connectivity index (χ1n) is 9.26. The van der Waals surface area contributed by atoms with Gasteiger partial charge in [0.2, 0.25) is 10.0 Å². The van der Waals surface area contributed by atoms with Gasteiger partial charge in [-0.3, -0.25) is 9.59 Å². The molecule has 0 radical (unpaired) electrons. The number of nitrogens with one attached hydrogen (secondary N) is 4. The highest BCUT2D eigenvalue weighted by molar-refractivity contribution is 7.89. The van der Waals surface area contributed by atoms with Gasteiger partial charge in [-0.1, -0.05) is 37.3 Å². The van der Waals surface area contributed by atoms with E-state index in [4.69, 9.17) is 0 Å². The Balaban J connectivity index is 1.64. The molecule has 0 fully saturated rings. The summed E-state index contributed by atoms with van der Waals surface area (Å²) < 4.78 is 28.5. The molecule has 1 atom stereocenters. The quantitative estimate of drug-likeness (QED) is 0.350. The zero-order chi connectivity index (χ0) is 21.3. The van der Waals surface area contributed by atoms with Gasteiger partial charge in [0.05, 0.1) is 33.9 Å². The van der Waals surface area contributed by atoms with E-state index in [1.165, 1.54) is 18.2 Å². The third-order valence-electron chi connectivity index (χ3n) is 4.72. The smallest absolute Gasteiger partial charge is 0.314 e. The Morgan fingerprint density at radius 2 is 1.67 bits per heavy atom. The van der Waals surface area contributed by atoms with Crippen molar-refractivity contribution in [3.63, 3.8) is 0 Å². The molecule has 0 aliphatic carbocycles. The van der Waals surface area contributed by atoms with Crippen molar-refractivity contribution in [3.05, 3.63) is 81.3 Å². The number of imidazole rings is 1. The second kappa shape index (κ2) is 7.73. The predicted octanol–water partition coefficient (Wildman–Crippen LogP) is 2.04. The Kier molecular flexibility index (Phi) is 5.10. The van der Waals surface area contributed by atoms with Gasteiger partial charge in [-0.25, -0.2) is 18.1 Å². The van der Waals surface area contributed by atoms with E-state index in [1.54, 1.807) is 6.20 Å². The van der Waals surface area contributed by atoms with Gasteiger partial charge in [0.1, 0.15) is 5.82 Å². The van der Waals surface area contributed by atoms with Gasteiger partial charge in [0, 0.05) is 0 Å². The molecule has 2 aromatic heterocycles. The van der Waals surface area contributed by atoms with E-state index in [0.717, 1.165) is 11.3 Å². The van der Waals surface area contributed by atoms with E-state index < -0.39 is 27.2 Å². The molecule has 2 heterocycles. The summed E-state index contributed by atoms with van der Waals surface area (Å²) in [6.45, 7) is 1.85. The second-order valence-electron chi connectivity index (χ2n) is 6.75. The maximum absolute atomic E-state index is 12.9. The molecule has 4 rings (SSSR count). The topological polar surface area (TPSA) is 141 Å². The van der Waals surface area contributed by atoms with Crippen LogP contribution < -0.4 is 15.8 Å². The monoisotopic (exact) mass is 425 g/mol. The Bertz CT molecular complexity index is 1420. The van der Waals surface area contributed by atoms with Gasteiger partial charge in [-0.15, -0.1) is 0 Å². The van der Waals surface area contributed by atoms with Crippen LogP contribution in [0.1, 0.15) is 25.2 Å². The second-order valence-corrected chi connectivity index (χ2v) is 8.46. The van der Waals surface area contributed by atoms with Crippen molar-refractivity contribution in [1.82, 2.24) is 24.7 Å². The third kappa shape index (κ3) is 3.82. The predicted molar refractivity (Wildman–Crippen MR) is 113 cm³/mol. The van der Waals surface area contributed by atoms with Crippen LogP contribution in [0.2, 0.25) is 0 Å². The van der Waals surface area contributed by atoms with Crippen molar-refractivity contribution in [2.45, 2.75) is 24.3 Å². The maximum Gasteiger partial charge on any atom is 0.314 e. The third-order valence-corrected chi connectivity index (χ3v) is 6.19. The number of hydrogen-bond donors (Lipinski definition) is 4. The van der Waals surface area contributed by atoms with Gasteiger partial charge < -0.3 is 15.0 Å². The van der Waals surface area contributed by atoms with Crippen molar-refractivity contribution in [1.29, 1.82) is 0 Å². The molecule has 154 valence electrons. The molecule has 0 saturated carbocycles. The molecule has 0 amide bonds. The van der Waals surface area contributed by atoms with E-state index in [0.29, 0.717) is 17.8 Å². The summed E-state index contributed by atoms with van der Waals surface area (Å²) >= 11 is 0. The Morgan fingerprint density at radius 1 is 0.967 bits per heavy atom. The number of fused-ring (bicyclic) bond motifs is 1. The summed E-state index contributed by atoms with van der Waals surface area (Å²) in [6.07, 6.45) is 2.14. The van der Waals surface area contributed by atoms with E-state index in [1.807, 2.05) is 37.3 Å². The average molecular weight is 425 g/mol. The molecule has 4 N–H and O–H groups in total. The summed E-state index contributed by atoms with van der Waals surface area (Å²) in [5.41, 5.74) is 0.649. The van der Waals surface area contributed by atoms with Gasteiger partial charge in [-0.2, -0.15) is 0 Å². The zero-order valence-corrected chi connectivity index (χ0v) is 16.8. The van der Waals surface area contributed by atoms with Gasteiger partial charge in [0.25, 0.3) is 0 Å². The number of aromatic nitrogens is 4. The Hall–Kier alpha value is -3.50. The fourth-order valence-electron chi connectivity index (χ4n) is 3.13. The summed E-state index contributed by atoms with van der Waals surface area (Å²) in [7, 11) is -3.91. The molecular weight excluding hydrogens is 406 g/mol. The number of aromatic amines is 3. The van der Waals surface area contributed by atoms with Gasteiger partial charge in [-0.05, 0) is 30.2 Å². The molecule has 0 aliphatic rings. The first-order chi connectivity index (χ1) is 14.4. The van der Waals surface area contributed by atoms with Crippen LogP contribution >= 0.6 is 0 Å². The van der Waals surface area contributed by atoms with Crippen LogP contribution in [0.25, 0.3) is 22.3 Å². The number of benzene rings is 2. The molecule has 4 aromatic rings. The number of hydrogen-bond acceptors (Lipinski definition) is 5. The highest BCUT2D eigenvalue weighted by Crippen LogP contribution is 2.23. The Labute approximate surface area is 171 Å². The summed E-state index contributed by atoms with van der Waals surface area (Å²) in [4.78, 5) is 35.2. The number of H-pyrrole nitrogens is 3. The van der Waals surface area contributed by atoms with E-state index in [-0.39, 0.29) is 10.4 Å². The minimum Gasteiger partial charge on any atom is -0.341 e. The molecule has 0 spiro atoms. The van der Waals surface area contributed by atoms with Crippen LogP contribution in [-0.4, -0.2) is 28.4 Å². The summed E-state index contributed by atoms with van der Waals surface area (Å²) in [5, 5.41) is 0. The van der Waals surface area contributed by atoms with Crippen LogP contribution in [0.15, 0.2) is 69.2 Å². The molecule has 2 aromatic carbocycles. The van der Waals surface area contributed by atoms with Crippen molar-refractivity contribution < 1.29 is 8.42 Å². The van der Waals surface area contributed by atoms with Gasteiger partial charge >= 0.3 is 11.1 Å². The highest BCUT2D eigenvalue weighted by Gasteiger charge is 2.23. The normalized spacial score (nSPS) is 12.8. The van der Waals surface area contributed by atoms with Crippen LogP contribution in [0.3, 0.4) is 0 Å². The fraction of sp³-hybridized carbons (Fsp3) is 0.150. The highest BCUT2D eigenvalue weighted by atomic mass is 32.2. The molecule has 0 saturated heterocycles. The zero-order valence-electron chi connectivity index (χ0n) is 16.0. The number of sulfonamides is 1. The number of rotatable bonds is 6. The van der Waals surface area contributed by atoms with E-state index >= 15 is 0 Å². The summed E-state index contributed by atoms with van der Waals surface area (Å²) in [5.74, 6) is 0.499. The molecule has 30 heavy (non-hydrogen) atoms.